The van der Waals surface area contributed by atoms with Crippen LogP contribution in [0.5, 0.6) is 0 Å². The van der Waals surface area contributed by atoms with Gasteiger partial charge in [0, 0.05) is 49.1 Å². The van der Waals surface area contributed by atoms with Crippen LogP contribution in [0.4, 0.5) is 5.69 Å². The van der Waals surface area contributed by atoms with Gasteiger partial charge in [0.1, 0.15) is 0 Å². The van der Waals surface area contributed by atoms with Crippen LogP contribution in [0.15, 0.2) is 46.4 Å². The molecule has 0 heterocycles. The van der Waals surface area contributed by atoms with E-state index in [2.05, 4.69) is 44.6 Å². The molecule has 2 aromatic carbocycles. The summed E-state index contributed by atoms with van der Waals surface area (Å²) in [7, 11) is 0.0111. The largest absolute Gasteiger partial charge is 0.393 e. The number of benzene rings is 2. The summed E-state index contributed by atoms with van der Waals surface area (Å²) in [6, 6.07) is 11.1. The Hall–Kier alpha value is -2.16. The molecule has 0 amide bonds. The highest BCUT2D eigenvalue weighted by Crippen LogP contribution is 2.72. The second kappa shape index (κ2) is 12.1. The molecular weight excluding hydrogens is 595 g/mol. The molecule has 4 aliphatic rings. The maximum Gasteiger partial charge on any atom is 0.276 e. The predicted molar refractivity (Wildman–Crippen MR) is 187 cm³/mol. The van der Waals surface area contributed by atoms with E-state index in [1.807, 2.05) is 43.3 Å². The highest BCUT2D eigenvalue weighted by Gasteiger charge is 2.71. The van der Waals surface area contributed by atoms with Gasteiger partial charge < -0.3 is 15.1 Å². The van der Waals surface area contributed by atoms with E-state index in [4.69, 9.17) is 0 Å². The van der Waals surface area contributed by atoms with Gasteiger partial charge in [-0.05, 0) is 103 Å². The molecule has 7 nitrogen and oxygen atoms in total. The van der Waals surface area contributed by atoms with Gasteiger partial charge in [0.15, 0.2) is 0 Å². The summed E-state index contributed by atoms with van der Waals surface area (Å²) in [6.45, 7) is 11.8. The number of hydrogen-bond donors (Lipinski definition) is 3. The van der Waals surface area contributed by atoms with Crippen LogP contribution in [-0.2, 0) is 10.0 Å². The summed E-state index contributed by atoms with van der Waals surface area (Å²) in [6.07, 6.45) is 10.1. The summed E-state index contributed by atoms with van der Waals surface area (Å²) in [5.41, 5.74) is -0.249. The van der Waals surface area contributed by atoms with E-state index in [1.54, 1.807) is 18.3 Å². The normalized spacial score (nSPS) is 38.1. The molecular formula is C38H57N3O4S. The third-order valence-corrected chi connectivity index (χ3v) is 14.9. The Balaban J connectivity index is 1.31. The minimum Gasteiger partial charge on any atom is -0.393 e. The third-order valence-electron chi connectivity index (χ3n) is 13.6. The zero-order valence-corrected chi connectivity index (χ0v) is 29.9. The molecule has 10 atom stereocenters. The first-order valence-electron chi connectivity index (χ1n) is 17.8. The summed E-state index contributed by atoms with van der Waals surface area (Å²) in [5.74, 6) is 2.68. The lowest BCUT2D eigenvalue weighted by atomic mass is 9.53. The lowest BCUT2D eigenvalue weighted by molar-refractivity contribution is -0.142. The van der Waals surface area contributed by atoms with Gasteiger partial charge in [-0.25, -0.2) is 4.83 Å². The highest BCUT2D eigenvalue weighted by molar-refractivity contribution is 7.89. The van der Waals surface area contributed by atoms with Crippen molar-refractivity contribution in [3.63, 3.8) is 0 Å². The van der Waals surface area contributed by atoms with Crippen molar-refractivity contribution in [2.75, 3.05) is 19.0 Å². The van der Waals surface area contributed by atoms with E-state index >= 15 is 0 Å². The SMILES string of the molecule is CC(C)CC[C@@H](C)[C@H]1CCC2C3C(CC[C@@]21C)[C@@]1(C)CC[C@H](O)C[C@@]1(O)[C@@H]3/C=N/NS(=O)(=O)c1ccc2c(N(C)C)cccc2c1. The van der Waals surface area contributed by atoms with E-state index < -0.39 is 21.7 Å². The van der Waals surface area contributed by atoms with Crippen molar-refractivity contribution in [1.82, 2.24) is 4.83 Å². The summed E-state index contributed by atoms with van der Waals surface area (Å²) in [5, 5.41) is 29.8. The Morgan fingerprint density at radius 1 is 1.02 bits per heavy atom. The van der Waals surface area contributed by atoms with E-state index in [0.29, 0.717) is 42.4 Å². The second-order valence-corrected chi connectivity index (χ2v) is 18.3. The average molecular weight is 652 g/mol. The Morgan fingerprint density at radius 3 is 2.50 bits per heavy atom. The third kappa shape index (κ3) is 5.38. The van der Waals surface area contributed by atoms with Crippen LogP contribution in [0, 0.1) is 52.3 Å². The number of fused-ring (bicyclic) bond motifs is 6. The van der Waals surface area contributed by atoms with Gasteiger partial charge in [0.05, 0.1) is 16.6 Å². The molecule has 0 aliphatic heterocycles. The minimum atomic E-state index is -3.94. The van der Waals surface area contributed by atoms with Crippen molar-refractivity contribution in [1.29, 1.82) is 0 Å². The van der Waals surface area contributed by atoms with Gasteiger partial charge in [-0.3, -0.25) is 0 Å². The summed E-state index contributed by atoms with van der Waals surface area (Å²) in [4.78, 5) is 4.70. The zero-order valence-electron chi connectivity index (χ0n) is 29.0. The quantitative estimate of drug-likeness (QED) is 0.196. The summed E-state index contributed by atoms with van der Waals surface area (Å²) >= 11 is 0. The lowest BCUT2D eigenvalue weighted by Gasteiger charge is -2.52. The second-order valence-electron chi connectivity index (χ2n) is 16.7. The van der Waals surface area contributed by atoms with Crippen LogP contribution in [0.1, 0.15) is 92.4 Å². The molecule has 3 N–H and O–H groups in total. The Bertz CT molecular complexity index is 1570. The molecule has 0 spiro atoms. The molecule has 2 aromatic rings. The Morgan fingerprint density at radius 2 is 1.78 bits per heavy atom. The van der Waals surface area contributed by atoms with E-state index in [0.717, 1.165) is 35.7 Å². The molecule has 8 heteroatoms. The van der Waals surface area contributed by atoms with Crippen molar-refractivity contribution in [2.24, 2.45) is 57.4 Å². The maximum absolute atomic E-state index is 13.6. The fourth-order valence-corrected chi connectivity index (χ4v) is 12.0. The molecule has 6 rings (SSSR count). The maximum atomic E-state index is 13.6. The first-order valence-corrected chi connectivity index (χ1v) is 19.3. The number of hydrazone groups is 1. The standard InChI is InChI=1S/C38H57N3O4S/c1-24(2)11-12-25(3)30-15-16-31-35-32(18-19-36(30,31)4)37(5)20-17-27(42)22-38(37,43)33(35)23-39-40-46(44,45)28-13-14-29-26(21-28)9-8-10-34(29)41(6)7/h8-10,13-14,21,23-25,27,30-33,35,40,42-43H,11-12,15-20,22H2,1-7H3/b39-23+/t25-,27+,30-,31?,32?,33-,35?,36-,37-,38-/m1/s1. The van der Waals surface area contributed by atoms with E-state index in [9.17, 15) is 18.6 Å². The number of aliphatic hydroxyl groups is 2. The zero-order chi connectivity index (χ0) is 33.2. The monoisotopic (exact) mass is 651 g/mol. The van der Waals surface area contributed by atoms with Gasteiger partial charge in [-0.15, -0.1) is 0 Å². The molecule has 4 fully saturated rings. The topological polar surface area (TPSA) is 102 Å². The van der Waals surface area contributed by atoms with Crippen LogP contribution in [0.3, 0.4) is 0 Å². The number of nitrogens with zero attached hydrogens (tertiary/aromatic N) is 2. The van der Waals surface area contributed by atoms with Crippen molar-refractivity contribution >= 4 is 32.7 Å². The number of aliphatic hydroxyl groups excluding tert-OH is 1. The van der Waals surface area contributed by atoms with Crippen LogP contribution in [0.25, 0.3) is 10.8 Å². The van der Waals surface area contributed by atoms with Gasteiger partial charge >= 0.3 is 0 Å². The van der Waals surface area contributed by atoms with Crippen molar-refractivity contribution < 1.29 is 18.6 Å². The lowest BCUT2D eigenvalue weighted by Crippen LogP contribution is -2.54. The molecule has 46 heavy (non-hydrogen) atoms. The van der Waals surface area contributed by atoms with Crippen molar-refractivity contribution in [3.8, 4) is 0 Å². The fourth-order valence-electron chi connectivity index (χ4n) is 11.2. The number of anilines is 1. The van der Waals surface area contributed by atoms with Gasteiger partial charge in [0.2, 0.25) is 0 Å². The Kier molecular flexibility index (Phi) is 8.85. The smallest absolute Gasteiger partial charge is 0.276 e. The first kappa shape index (κ1) is 33.7. The van der Waals surface area contributed by atoms with Crippen LogP contribution in [0.2, 0.25) is 0 Å². The molecule has 0 radical (unpaired) electrons. The molecule has 254 valence electrons. The predicted octanol–water partition coefficient (Wildman–Crippen LogP) is 7.21. The van der Waals surface area contributed by atoms with Crippen LogP contribution >= 0.6 is 0 Å². The fraction of sp³-hybridized carbons (Fsp3) is 0.711. The molecule has 4 saturated carbocycles. The first-order chi connectivity index (χ1) is 21.6. The molecule has 4 aliphatic carbocycles. The van der Waals surface area contributed by atoms with Crippen molar-refractivity contribution in [3.05, 3.63) is 36.4 Å². The van der Waals surface area contributed by atoms with E-state index in [1.165, 1.54) is 25.7 Å². The molecule has 0 aromatic heterocycles. The van der Waals surface area contributed by atoms with E-state index in [-0.39, 0.29) is 27.6 Å². The number of rotatable bonds is 9. The number of nitrogens with one attached hydrogen (secondary N) is 1. The molecule has 0 bridgehead atoms. The van der Waals surface area contributed by atoms with Gasteiger partial charge in [-0.1, -0.05) is 65.7 Å². The van der Waals surface area contributed by atoms with Crippen molar-refractivity contribution in [2.45, 2.75) is 109 Å². The van der Waals surface area contributed by atoms with Gasteiger partial charge in [-0.2, -0.15) is 13.5 Å². The summed E-state index contributed by atoms with van der Waals surface area (Å²) < 4.78 is 27.1. The van der Waals surface area contributed by atoms with Gasteiger partial charge in [0.25, 0.3) is 10.0 Å². The van der Waals surface area contributed by atoms with Crippen LogP contribution in [-0.4, -0.2) is 50.6 Å². The molecule has 0 saturated heterocycles. The molecule has 3 unspecified atom stereocenters. The number of hydrogen-bond acceptors (Lipinski definition) is 6. The Labute approximate surface area is 277 Å². The van der Waals surface area contributed by atoms with Crippen LogP contribution < -0.4 is 9.73 Å². The minimum absolute atomic E-state index is 0.160. The average Bonchev–Trinajstić information content (AvgIpc) is 3.44. The number of sulfonamides is 1. The highest BCUT2D eigenvalue weighted by atomic mass is 32.2.